The first-order valence-corrected chi connectivity index (χ1v) is 10.6. The molecule has 0 aromatic heterocycles. The van der Waals surface area contributed by atoms with Crippen molar-refractivity contribution in [2.24, 2.45) is 16.7 Å². The molecule has 156 valence electrons. The number of hydrogen-bond acceptors (Lipinski definition) is 2. The molecule has 2 atom stereocenters. The topological polar surface area (TPSA) is 26.3 Å². The van der Waals surface area contributed by atoms with Crippen LogP contribution in [0.2, 0.25) is 0 Å². The third-order valence-corrected chi connectivity index (χ3v) is 5.89. The van der Waals surface area contributed by atoms with Crippen molar-refractivity contribution in [1.29, 1.82) is 0 Å². The van der Waals surface area contributed by atoms with Gasteiger partial charge in [-0.3, -0.25) is 4.79 Å². The highest BCUT2D eigenvalue weighted by Gasteiger charge is 2.27. The van der Waals surface area contributed by atoms with Crippen molar-refractivity contribution in [3.05, 3.63) is 34.9 Å². The number of ether oxygens (including phenoxy) is 1. The fourth-order valence-electron chi connectivity index (χ4n) is 3.28. The largest absolute Gasteiger partial charge is 0.460 e. The van der Waals surface area contributed by atoms with Gasteiger partial charge in [0.05, 0.1) is 0 Å². The second-order valence-corrected chi connectivity index (χ2v) is 9.62. The summed E-state index contributed by atoms with van der Waals surface area (Å²) in [4.78, 5) is 10.2. The normalized spacial score (nSPS) is 14.0. The zero-order valence-corrected chi connectivity index (χ0v) is 19.6. The first-order chi connectivity index (χ1) is 12.4. The maximum atomic E-state index is 10.2. The van der Waals surface area contributed by atoms with Crippen LogP contribution in [0.25, 0.3) is 0 Å². The molecule has 0 aliphatic heterocycles. The Balaban J connectivity index is 0.000000516. The van der Waals surface area contributed by atoms with Crippen LogP contribution in [-0.4, -0.2) is 6.47 Å². The van der Waals surface area contributed by atoms with Gasteiger partial charge >= 0.3 is 0 Å². The Morgan fingerprint density at radius 3 is 1.93 bits per heavy atom. The molecular formula is C25H44O2. The molecule has 27 heavy (non-hydrogen) atoms. The molecule has 0 radical (unpaired) electrons. The molecule has 0 N–H and O–H groups in total. The summed E-state index contributed by atoms with van der Waals surface area (Å²) in [5.74, 6) is 0.822. The van der Waals surface area contributed by atoms with Crippen LogP contribution in [0.5, 0.6) is 0 Å². The molecular weight excluding hydrogens is 332 g/mol. The van der Waals surface area contributed by atoms with E-state index in [1.807, 2.05) is 13.0 Å². The Morgan fingerprint density at radius 1 is 0.963 bits per heavy atom. The lowest BCUT2D eigenvalue weighted by Gasteiger charge is -2.35. The number of carbonyl (C=O) groups excluding carboxylic acids is 1. The predicted molar refractivity (Wildman–Crippen MR) is 118 cm³/mol. The Kier molecular flexibility index (Phi) is 11.0. The van der Waals surface area contributed by atoms with Crippen LogP contribution in [0.15, 0.2) is 18.2 Å². The number of aryl methyl sites for hydroxylation is 2. The molecule has 2 nitrogen and oxygen atoms in total. The van der Waals surface area contributed by atoms with E-state index in [0.717, 1.165) is 24.3 Å². The van der Waals surface area contributed by atoms with Gasteiger partial charge in [0.1, 0.15) is 6.10 Å². The van der Waals surface area contributed by atoms with Crippen molar-refractivity contribution in [3.8, 4) is 0 Å². The van der Waals surface area contributed by atoms with Gasteiger partial charge in [-0.25, -0.2) is 0 Å². The van der Waals surface area contributed by atoms with E-state index < -0.39 is 0 Å². The summed E-state index contributed by atoms with van der Waals surface area (Å²) in [6.45, 7) is 23.1. The monoisotopic (exact) mass is 376 g/mol. The van der Waals surface area contributed by atoms with E-state index in [-0.39, 0.29) is 6.10 Å². The first-order valence-electron chi connectivity index (χ1n) is 10.6. The minimum atomic E-state index is -0.154. The van der Waals surface area contributed by atoms with E-state index >= 15 is 0 Å². The molecule has 1 aromatic carbocycles. The highest BCUT2D eigenvalue weighted by atomic mass is 16.5. The molecule has 0 saturated carbocycles. The number of rotatable bonds is 8. The van der Waals surface area contributed by atoms with Crippen molar-refractivity contribution in [2.75, 3.05) is 0 Å². The summed E-state index contributed by atoms with van der Waals surface area (Å²) in [7, 11) is 0. The first kappa shape index (κ1) is 25.7. The zero-order chi connectivity index (χ0) is 21.3. The van der Waals surface area contributed by atoms with Crippen molar-refractivity contribution >= 4 is 6.47 Å². The van der Waals surface area contributed by atoms with E-state index in [2.05, 4.69) is 74.4 Å². The molecule has 0 amide bonds. The third-order valence-electron chi connectivity index (χ3n) is 5.89. The second kappa shape index (κ2) is 11.5. The molecule has 2 heteroatoms. The number of benzene rings is 1. The average Bonchev–Trinajstić information content (AvgIpc) is 2.60. The van der Waals surface area contributed by atoms with Gasteiger partial charge in [0.2, 0.25) is 0 Å². The fourth-order valence-corrected chi connectivity index (χ4v) is 3.28. The molecule has 0 saturated heterocycles. The summed E-state index contributed by atoms with van der Waals surface area (Å²) in [6, 6.07) is 6.29. The zero-order valence-electron chi connectivity index (χ0n) is 19.6. The summed E-state index contributed by atoms with van der Waals surface area (Å²) >= 11 is 0. The molecule has 0 spiro atoms. The molecule has 1 aromatic rings. The van der Waals surface area contributed by atoms with E-state index in [4.69, 9.17) is 4.74 Å². The van der Waals surface area contributed by atoms with Crippen LogP contribution >= 0.6 is 0 Å². The summed E-state index contributed by atoms with van der Waals surface area (Å²) < 4.78 is 4.92. The third kappa shape index (κ3) is 9.44. The van der Waals surface area contributed by atoms with Crippen LogP contribution in [0, 0.1) is 16.7 Å². The second-order valence-electron chi connectivity index (χ2n) is 9.62. The molecule has 1 rings (SSSR count). The summed E-state index contributed by atoms with van der Waals surface area (Å²) in [5.41, 5.74) is 4.77. The van der Waals surface area contributed by atoms with Gasteiger partial charge < -0.3 is 4.74 Å². The average molecular weight is 377 g/mol. The molecule has 0 heterocycles. The van der Waals surface area contributed by atoms with Gasteiger partial charge in [0.25, 0.3) is 6.47 Å². The van der Waals surface area contributed by atoms with E-state index in [9.17, 15) is 4.79 Å². The maximum Gasteiger partial charge on any atom is 0.293 e. The minimum Gasteiger partial charge on any atom is -0.460 e. The van der Waals surface area contributed by atoms with Crippen molar-refractivity contribution in [1.82, 2.24) is 0 Å². The van der Waals surface area contributed by atoms with Gasteiger partial charge in [-0.15, -0.1) is 0 Å². The van der Waals surface area contributed by atoms with Crippen molar-refractivity contribution in [3.63, 3.8) is 0 Å². The van der Waals surface area contributed by atoms with Crippen LogP contribution in [0.1, 0.15) is 105 Å². The minimum absolute atomic E-state index is 0.154. The van der Waals surface area contributed by atoms with Gasteiger partial charge in [-0.2, -0.15) is 0 Å². The standard InChI is InChI=1S/C13H18O2.C12H26/c1-4-11-6-7-13(8-12(11)5-2)10(3)15-9-14;1-8-12(6,7)10(2)9-11(3,4)5/h6-10H,4-5H2,1-3H3;10H,8-9H2,1-7H3. The highest BCUT2D eigenvalue weighted by Crippen LogP contribution is 2.37. The van der Waals surface area contributed by atoms with E-state index in [1.54, 1.807) is 0 Å². The van der Waals surface area contributed by atoms with Gasteiger partial charge in [-0.05, 0) is 59.6 Å². The SMILES string of the molecule is CCC(C)(C)C(C)CC(C)(C)C.CCc1ccc(C(C)OC=O)cc1CC. The van der Waals surface area contributed by atoms with Gasteiger partial charge in [0, 0.05) is 0 Å². The lowest BCUT2D eigenvalue weighted by Crippen LogP contribution is -2.25. The molecule has 0 fully saturated rings. The van der Waals surface area contributed by atoms with E-state index in [0.29, 0.717) is 17.3 Å². The summed E-state index contributed by atoms with van der Waals surface area (Å²) in [6.07, 6.45) is 4.52. The van der Waals surface area contributed by atoms with Crippen molar-refractivity contribution in [2.45, 2.75) is 101 Å². The van der Waals surface area contributed by atoms with Crippen LogP contribution in [-0.2, 0) is 22.4 Å². The Hall–Kier alpha value is -1.31. The Morgan fingerprint density at radius 2 is 1.52 bits per heavy atom. The van der Waals surface area contributed by atoms with Gasteiger partial charge in [-0.1, -0.05) is 86.9 Å². The lowest BCUT2D eigenvalue weighted by molar-refractivity contribution is -0.133. The number of carbonyl (C=O) groups is 1. The van der Waals surface area contributed by atoms with Crippen LogP contribution in [0.4, 0.5) is 0 Å². The Labute approximate surface area is 169 Å². The lowest BCUT2D eigenvalue weighted by atomic mass is 9.71. The molecule has 0 bridgehead atoms. The van der Waals surface area contributed by atoms with Crippen molar-refractivity contribution < 1.29 is 9.53 Å². The predicted octanol–water partition coefficient (Wildman–Crippen LogP) is 7.54. The maximum absolute atomic E-state index is 10.2. The Bertz CT molecular complexity index is 552. The number of hydrogen-bond donors (Lipinski definition) is 0. The quantitative estimate of drug-likeness (QED) is 0.438. The smallest absolute Gasteiger partial charge is 0.293 e. The molecule has 2 unspecified atom stereocenters. The fraction of sp³-hybridized carbons (Fsp3) is 0.720. The van der Waals surface area contributed by atoms with Crippen LogP contribution < -0.4 is 0 Å². The highest BCUT2D eigenvalue weighted by molar-refractivity contribution is 5.39. The molecule has 0 aliphatic carbocycles. The van der Waals surface area contributed by atoms with Crippen LogP contribution in [0.3, 0.4) is 0 Å². The van der Waals surface area contributed by atoms with Gasteiger partial charge in [0.15, 0.2) is 0 Å². The summed E-state index contributed by atoms with van der Waals surface area (Å²) in [5, 5.41) is 0. The van der Waals surface area contributed by atoms with E-state index in [1.165, 1.54) is 24.0 Å². The molecule has 0 aliphatic rings.